The second kappa shape index (κ2) is 11.3. The van der Waals surface area contributed by atoms with Gasteiger partial charge in [-0.25, -0.2) is 0 Å². The van der Waals surface area contributed by atoms with Gasteiger partial charge in [-0.2, -0.15) is 5.26 Å². The molecule has 0 saturated carbocycles. The molecule has 2 aromatic carbocycles. The van der Waals surface area contributed by atoms with Crippen LogP contribution in [-0.2, 0) is 11.2 Å². The quantitative estimate of drug-likeness (QED) is 0.433. The van der Waals surface area contributed by atoms with E-state index in [4.69, 9.17) is 10.00 Å². The van der Waals surface area contributed by atoms with Crippen molar-refractivity contribution in [3.8, 4) is 22.9 Å². The zero-order valence-corrected chi connectivity index (χ0v) is 17.5. The van der Waals surface area contributed by atoms with E-state index in [1.807, 2.05) is 54.6 Å². The number of ether oxygens (including phenoxy) is 1. The van der Waals surface area contributed by atoms with E-state index in [1.165, 1.54) is 39.0 Å². The van der Waals surface area contributed by atoms with Crippen molar-refractivity contribution in [3.05, 3.63) is 54.1 Å². The van der Waals surface area contributed by atoms with Gasteiger partial charge in [0.1, 0.15) is 5.75 Å². The summed E-state index contributed by atoms with van der Waals surface area (Å²) in [6, 6.07) is 17.6. The predicted octanol–water partition coefficient (Wildman–Crippen LogP) is 6.25. The summed E-state index contributed by atoms with van der Waals surface area (Å²) < 4.78 is 5.83. The lowest BCUT2D eigenvalue weighted by Gasteiger charge is -2.16. The number of nitriles is 1. The van der Waals surface area contributed by atoms with E-state index >= 15 is 0 Å². The van der Waals surface area contributed by atoms with Gasteiger partial charge < -0.3 is 9.84 Å². The number of benzene rings is 2. The van der Waals surface area contributed by atoms with Crippen LogP contribution >= 0.6 is 0 Å². The van der Waals surface area contributed by atoms with Crippen LogP contribution in [-0.4, -0.2) is 17.7 Å². The van der Waals surface area contributed by atoms with Crippen molar-refractivity contribution in [2.45, 2.75) is 58.8 Å². The SMILES string of the molecule is CCCCCCCCOc1ccc(-c2ccc(CC(C)(C#N)C(=O)O)cc2)cc1. The van der Waals surface area contributed by atoms with Crippen molar-refractivity contribution in [2.75, 3.05) is 6.61 Å². The van der Waals surface area contributed by atoms with Crippen molar-refractivity contribution in [3.63, 3.8) is 0 Å². The molecule has 4 nitrogen and oxygen atoms in total. The van der Waals surface area contributed by atoms with Crippen LogP contribution in [0.2, 0.25) is 0 Å². The number of carboxylic acids is 1. The van der Waals surface area contributed by atoms with E-state index < -0.39 is 11.4 Å². The normalized spacial score (nSPS) is 12.7. The Hall–Kier alpha value is -2.80. The first-order valence-corrected chi connectivity index (χ1v) is 10.5. The topological polar surface area (TPSA) is 70.3 Å². The third-order valence-corrected chi connectivity index (χ3v) is 5.18. The Morgan fingerprint density at radius 3 is 2.07 bits per heavy atom. The van der Waals surface area contributed by atoms with Gasteiger partial charge >= 0.3 is 5.97 Å². The lowest BCUT2D eigenvalue weighted by atomic mass is 9.85. The highest BCUT2D eigenvalue weighted by atomic mass is 16.5. The Bertz CT molecular complexity index is 805. The molecular weight excluding hydrogens is 362 g/mol. The average Bonchev–Trinajstić information content (AvgIpc) is 2.74. The van der Waals surface area contributed by atoms with Crippen molar-refractivity contribution in [2.24, 2.45) is 5.41 Å². The molecule has 1 atom stereocenters. The van der Waals surface area contributed by atoms with E-state index in [9.17, 15) is 9.90 Å². The van der Waals surface area contributed by atoms with E-state index in [2.05, 4.69) is 6.92 Å². The molecule has 0 fully saturated rings. The zero-order valence-electron chi connectivity index (χ0n) is 17.5. The Morgan fingerprint density at radius 2 is 1.52 bits per heavy atom. The summed E-state index contributed by atoms with van der Waals surface area (Å²) in [7, 11) is 0. The number of rotatable bonds is 12. The number of unbranched alkanes of at least 4 members (excludes halogenated alkanes) is 5. The number of aliphatic carboxylic acids is 1. The van der Waals surface area contributed by atoms with E-state index in [0.717, 1.165) is 35.5 Å². The lowest BCUT2D eigenvalue weighted by Crippen LogP contribution is -2.28. The smallest absolute Gasteiger partial charge is 0.324 e. The first-order valence-electron chi connectivity index (χ1n) is 10.5. The predicted molar refractivity (Wildman–Crippen MR) is 116 cm³/mol. The summed E-state index contributed by atoms with van der Waals surface area (Å²) in [5, 5.41) is 18.4. The minimum absolute atomic E-state index is 0.185. The Labute approximate surface area is 174 Å². The van der Waals surface area contributed by atoms with Crippen LogP contribution in [0.4, 0.5) is 0 Å². The molecule has 0 spiro atoms. The molecule has 0 aliphatic rings. The van der Waals surface area contributed by atoms with Crippen LogP contribution in [0.25, 0.3) is 11.1 Å². The highest BCUT2D eigenvalue weighted by molar-refractivity contribution is 5.78. The molecule has 154 valence electrons. The van der Waals surface area contributed by atoms with Crippen molar-refractivity contribution < 1.29 is 14.6 Å². The van der Waals surface area contributed by atoms with Gasteiger partial charge in [-0.1, -0.05) is 75.4 Å². The standard InChI is InChI=1S/C25H31NO3/c1-3-4-5-6-7-8-17-29-23-15-13-22(14-16-23)21-11-9-20(10-12-21)18-25(2,19-26)24(27)28/h9-16H,3-8,17-18H2,1-2H3,(H,27,28). The van der Waals surface area contributed by atoms with Crippen molar-refractivity contribution in [1.82, 2.24) is 0 Å². The summed E-state index contributed by atoms with van der Waals surface area (Å²) in [6.45, 7) is 4.43. The van der Waals surface area contributed by atoms with E-state index in [0.29, 0.717) is 0 Å². The Morgan fingerprint density at radius 1 is 0.966 bits per heavy atom. The Kier molecular flexibility index (Phi) is 8.73. The molecular formula is C25H31NO3. The highest BCUT2D eigenvalue weighted by Gasteiger charge is 2.33. The maximum Gasteiger partial charge on any atom is 0.324 e. The molecule has 29 heavy (non-hydrogen) atoms. The van der Waals surface area contributed by atoms with Gasteiger partial charge in [0.25, 0.3) is 0 Å². The molecule has 2 aromatic rings. The summed E-state index contributed by atoms with van der Waals surface area (Å²) >= 11 is 0. The summed E-state index contributed by atoms with van der Waals surface area (Å²) in [5.41, 5.74) is 1.55. The van der Waals surface area contributed by atoms with Crippen LogP contribution in [0.3, 0.4) is 0 Å². The number of nitrogens with zero attached hydrogens (tertiary/aromatic N) is 1. The molecule has 0 heterocycles. The first kappa shape index (κ1) is 22.5. The number of carboxylic acid groups (broad SMARTS) is 1. The largest absolute Gasteiger partial charge is 0.494 e. The molecule has 1 unspecified atom stereocenters. The highest BCUT2D eigenvalue weighted by Crippen LogP contribution is 2.26. The third kappa shape index (κ3) is 6.94. The van der Waals surface area contributed by atoms with Gasteiger partial charge in [0.2, 0.25) is 0 Å². The van der Waals surface area contributed by atoms with Gasteiger partial charge in [0.05, 0.1) is 12.7 Å². The van der Waals surface area contributed by atoms with Gasteiger partial charge in [0.15, 0.2) is 5.41 Å². The minimum atomic E-state index is -1.41. The van der Waals surface area contributed by atoms with Crippen LogP contribution in [0.1, 0.15) is 57.9 Å². The van der Waals surface area contributed by atoms with Crippen LogP contribution in [0, 0.1) is 16.7 Å². The zero-order chi connectivity index (χ0) is 21.1. The van der Waals surface area contributed by atoms with E-state index in [-0.39, 0.29) is 6.42 Å². The molecule has 0 aliphatic carbocycles. The molecule has 0 aromatic heterocycles. The second-order valence-corrected chi connectivity index (χ2v) is 7.76. The number of hydrogen-bond acceptors (Lipinski definition) is 3. The average molecular weight is 394 g/mol. The van der Waals surface area contributed by atoms with Crippen LogP contribution in [0.15, 0.2) is 48.5 Å². The monoisotopic (exact) mass is 393 g/mol. The fourth-order valence-electron chi connectivity index (χ4n) is 3.20. The molecule has 0 radical (unpaired) electrons. The number of carbonyl (C=O) groups is 1. The number of hydrogen-bond donors (Lipinski definition) is 1. The minimum Gasteiger partial charge on any atom is -0.494 e. The van der Waals surface area contributed by atoms with Gasteiger partial charge in [-0.3, -0.25) is 4.79 Å². The second-order valence-electron chi connectivity index (χ2n) is 7.76. The molecule has 0 saturated heterocycles. The van der Waals surface area contributed by atoms with Crippen LogP contribution in [0.5, 0.6) is 5.75 Å². The Balaban J connectivity index is 1.87. The van der Waals surface area contributed by atoms with Gasteiger partial charge in [-0.05, 0) is 42.2 Å². The maximum atomic E-state index is 11.3. The first-order chi connectivity index (χ1) is 14.0. The van der Waals surface area contributed by atoms with Gasteiger partial charge in [-0.15, -0.1) is 0 Å². The van der Waals surface area contributed by atoms with Crippen LogP contribution < -0.4 is 4.74 Å². The lowest BCUT2D eigenvalue weighted by molar-refractivity contribution is -0.144. The van der Waals surface area contributed by atoms with E-state index in [1.54, 1.807) is 0 Å². The molecule has 0 amide bonds. The molecule has 0 bridgehead atoms. The fourth-order valence-corrected chi connectivity index (χ4v) is 3.20. The third-order valence-electron chi connectivity index (χ3n) is 5.18. The van der Waals surface area contributed by atoms with Gasteiger partial charge in [0, 0.05) is 6.42 Å². The molecule has 4 heteroatoms. The maximum absolute atomic E-state index is 11.3. The molecule has 2 rings (SSSR count). The summed E-state index contributed by atoms with van der Waals surface area (Å²) in [5.74, 6) is -0.217. The molecule has 1 N–H and O–H groups in total. The molecule has 0 aliphatic heterocycles. The fraction of sp³-hybridized carbons (Fsp3) is 0.440. The summed E-state index contributed by atoms with van der Waals surface area (Å²) in [6.07, 6.45) is 7.68. The van der Waals surface area contributed by atoms with Crippen molar-refractivity contribution in [1.29, 1.82) is 5.26 Å². The summed E-state index contributed by atoms with van der Waals surface area (Å²) in [4.78, 5) is 11.3. The van der Waals surface area contributed by atoms with Crippen molar-refractivity contribution >= 4 is 5.97 Å².